The number of hydrogen-bond donors (Lipinski definition) is 0. The van der Waals surface area contributed by atoms with Crippen molar-refractivity contribution in [3.8, 4) is 6.07 Å². The molecule has 1 atom stereocenters. The SMILES string of the molecule is Cc1ccc(/C=C(\C#N)C(=O)O[C@H](C)C(=O)N2CCCC2)cc1. The van der Waals surface area contributed by atoms with Gasteiger partial charge in [0.15, 0.2) is 6.10 Å². The van der Waals surface area contributed by atoms with Gasteiger partial charge in [0.25, 0.3) is 5.91 Å². The first-order valence-electron chi connectivity index (χ1n) is 7.69. The van der Waals surface area contributed by atoms with Crippen LogP contribution in [0.2, 0.25) is 0 Å². The highest BCUT2D eigenvalue weighted by atomic mass is 16.5. The summed E-state index contributed by atoms with van der Waals surface area (Å²) in [4.78, 5) is 25.9. The van der Waals surface area contributed by atoms with Crippen LogP contribution in [0.1, 0.15) is 30.9 Å². The maximum absolute atomic E-state index is 12.1. The second-order valence-electron chi connectivity index (χ2n) is 5.66. The number of amides is 1. The molecule has 23 heavy (non-hydrogen) atoms. The average Bonchev–Trinajstić information content (AvgIpc) is 3.07. The number of nitriles is 1. The number of carbonyl (C=O) groups is 2. The van der Waals surface area contributed by atoms with Gasteiger partial charge in [-0.1, -0.05) is 29.8 Å². The Morgan fingerprint density at radius 2 is 1.87 bits per heavy atom. The molecule has 1 amide bonds. The van der Waals surface area contributed by atoms with E-state index >= 15 is 0 Å². The summed E-state index contributed by atoms with van der Waals surface area (Å²) in [6.45, 7) is 4.90. The summed E-state index contributed by atoms with van der Waals surface area (Å²) in [5.74, 6) is -0.975. The number of ether oxygens (including phenoxy) is 1. The zero-order chi connectivity index (χ0) is 16.8. The summed E-state index contributed by atoms with van der Waals surface area (Å²) >= 11 is 0. The Morgan fingerprint density at radius 3 is 2.43 bits per heavy atom. The van der Waals surface area contributed by atoms with Gasteiger partial charge in [-0.2, -0.15) is 5.26 Å². The number of rotatable bonds is 4. The van der Waals surface area contributed by atoms with Crippen LogP contribution in [0.15, 0.2) is 29.8 Å². The lowest BCUT2D eigenvalue weighted by molar-refractivity contribution is -0.155. The number of nitrogens with zero attached hydrogens (tertiary/aromatic N) is 2. The second kappa shape index (κ2) is 7.59. The topological polar surface area (TPSA) is 70.4 Å². The highest BCUT2D eigenvalue weighted by molar-refractivity contribution is 5.99. The summed E-state index contributed by atoms with van der Waals surface area (Å²) in [5.41, 5.74) is 1.71. The molecule has 1 heterocycles. The number of esters is 1. The molecule has 0 saturated carbocycles. The van der Waals surface area contributed by atoms with Gasteiger partial charge in [-0.05, 0) is 38.3 Å². The van der Waals surface area contributed by atoms with Crippen LogP contribution < -0.4 is 0 Å². The molecule has 5 nitrogen and oxygen atoms in total. The summed E-state index contributed by atoms with van der Waals surface area (Å²) < 4.78 is 5.15. The maximum Gasteiger partial charge on any atom is 0.349 e. The van der Waals surface area contributed by atoms with E-state index in [1.54, 1.807) is 11.8 Å². The maximum atomic E-state index is 12.1. The third kappa shape index (κ3) is 4.43. The first kappa shape index (κ1) is 16.8. The van der Waals surface area contributed by atoms with Crippen molar-refractivity contribution in [1.82, 2.24) is 4.90 Å². The van der Waals surface area contributed by atoms with E-state index in [2.05, 4.69) is 0 Å². The van der Waals surface area contributed by atoms with Crippen LogP contribution in [0.3, 0.4) is 0 Å². The van der Waals surface area contributed by atoms with Crippen LogP contribution >= 0.6 is 0 Å². The van der Waals surface area contributed by atoms with Gasteiger partial charge in [0.2, 0.25) is 0 Å². The predicted octanol–water partition coefficient (Wildman–Crippen LogP) is 2.46. The standard InChI is InChI=1S/C18H20N2O3/c1-13-5-7-15(8-6-13)11-16(12-19)18(22)23-14(2)17(21)20-9-3-4-10-20/h5-8,11,14H,3-4,9-10H2,1-2H3/b16-11+/t14-/m1/s1. The minimum absolute atomic E-state index is 0.116. The Kier molecular flexibility index (Phi) is 5.53. The van der Waals surface area contributed by atoms with Crippen molar-refractivity contribution in [1.29, 1.82) is 5.26 Å². The molecule has 1 aromatic rings. The lowest BCUT2D eigenvalue weighted by Gasteiger charge is -2.20. The van der Waals surface area contributed by atoms with Crippen LogP contribution in [-0.2, 0) is 14.3 Å². The molecule has 0 N–H and O–H groups in total. The molecular weight excluding hydrogens is 292 g/mol. The van der Waals surface area contributed by atoms with E-state index in [9.17, 15) is 9.59 Å². The van der Waals surface area contributed by atoms with Gasteiger partial charge >= 0.3 is 5.97 Å². The Morgan fingerprint density at radius 1 is 1.26 bits per heavy atom. The summed E-state index contributed by atoms with van der Waals surface area (Å²) in [7, 11) is 0. The number of aryl methyl sites for hydroxylation is 1. The van der Waals surface area contributed by atoms with E-state index in [0.717, 1.165) is 24.0 Å². The molecule has 0 radical (unpaired) electrons. The number of hydrogen-bond acceptors (Lipinski definition) is 4. The monoisotopic (exact) mass is 312 g/mol. The fourth-order valence-electron chi connectivity index (χ4n) is 2.44. The summed E-state index contributed by atoms with van der Waals surface area (Å²) in [5, 5.41) is 9.16. The minimum atomic E-state index is -0.879. The Hall–Kier alpha value is -2.61. The summed E-state index contributed by atoms with van der Waals surface area (Å²) in [6.07, 6.45) is 2.54. The lowest BCUT2D eigenvalue weighted by atomic mass is 10.1. The summed E-state index contributed by atoms with van der Waals surface area (Å²) in [6, 6.07) is 9.27. The van der Waals surface area contributed by atoms with Crippen LogP contribution in [-0.4, -0.2) is 36.0 Å². The first-order chi connectivity index (χ1) is 11.0. The molecule has 2 rings (SSSR count). The van der Waals surface area contributed by atoms with Crippen LogP contribution in [0.25, 0.3) is 6.08 Å². The predicted molar refractivity (Wildman–Crippen MR) is 86.1 cm³/mol. The molecule has 0 aliphatic carbocycles. The van der Waals surface area contributed by atoms with Crippen molar-refractivity contribution in [3.63, 3.8) is 0 Å². The number of benzene rings is 1. The fourth-order valence-corrected chi connectivity index (χ4v) is 2.44. The van der Waals surface area contributed by atoms with Crippen LogP contribution in [0, 0.1) is 18.3 Å². The molecule has 1 aliphatic rings. The zero-order valence-corrected chi connectivity index (χ0v) is 13.4. The van der Waals surface area contributed by atoms with Crippen molar-refractivity contribution in [3.05, 3.63) is 41.0 Å². The number of likely N-dealkylation sites (tertiary alicyclic amines) is 1. The van der Waals surface area contributed by atoms with Crippen molar-refractivity contribution < 1.29 is 14.3 Å². The molecule has 0 aromatic heterocycles. The second-order valence-corrected chi connectivity index (χ2v) is 5.66. The van der Waals surface area contributed by atoms with E-state index in [-0.39, 0.29) is 11.5 Å². The van der Waals surface area contributed by atoms with Crippen LogP contribution in [0.5, 0.6) is 0 Å². The largest absolute Gasteiger partial charge is 0.448 e. The molecule has 1 aliphatic heterocycles. The quantitative estimate of drug-likeness (QED) is 0.486. The van der Waals surface area contributed by atoms with Gasteiger partial charge in [-0.15, -0.1) is 0 Å². The molecule has 120 valence electrons. The van der Waals surface area contributed by atoms with Gasteiger partial charge in [-0.3, -0.25) is 4.79 Å². The molecule has 1 aromatic carbocycles. The highest BCUT2D eigenvalue weighted by Gasteiger charge is 2.26. The Bertz CT molecular complexity index is 650. The van der Waals surface area contributed by atoms with E-state index < -0.39 is 12.1 Å². The average molecular weight is 312 g/mol. The Balaban J connectivity index is 2.03. The van der Waals surface area contributed by atoms with Crippen molar-refractivity contribution in [2.45, 2.75) is 32.8 Å². The van der Waals surface area contributed by atoms with Crippen molar-refractivity contribution in [2.24, 2.45) is 0 Å². The van der Waals surface area contributed by atoms with Gasteiger partial charge < -0.3 is 9.64 Å². The highest BCUT2D eigenvalue weighted by Crippen LogP contribution is 2.13. The third-order valence-corrected chi connectivity index (χ3v) is 3.78. The lowest BCUT2D eigenvalue weighted by Crippen LogP contribution is -2.38. The molecule has 1 saturated heterocycles. The normalized spacial score (nSPS) is 15.9. The van der Waals surface area contributed by atoms with Crippen molar-refractivity contribution in [2.75, 3.05) is 13.1 Å². The molecule has 0 unspecified atom stereocenters. The number of carbonyl (C=O) groups excluding carboxylic acids is 2. The van der Waals surface area contributed by atoms with Crippen molar-refractivity contribution >= 4 is 18.0 Å². The Labute approximate surface area is 136 Å². The minimum Gasteiger partial charge on any atom is -0.448 e. The molecule has 1 fully saturated rings. The molecule has 0 bridgehead atoms. The fraction of sp³-hybridized carbons (Fsp3) is 0.389. The van der Waals surface area contributed by atoms with Gasteiger partial charge in [0.1, 0.15) is 11.6 Å². The molecular formula is C18H20N2O3. The third-order valence-electron chi connectivity index (χ3n) is 3.78. The van der Waals surface area contributed by atoms with Gasteiger partial charge in [0.05, 0.1) is 0 Å². The van der Waals surface area contributed by atoms with E-state index in [4.69, 9.17) is 10.00 Å². The van der Waals surface area contributed by atoms with Gasteiger partial charge in [-0.25, -0.2) is 4.79 Å². The smallest absolute Gasteiger partial charge is 0.349 e. The van der Waals surface area contributed by atoms with Gasteiger partial charge in [0, 0.05) is 13.1 Å². The van der Waals surface area contributed by atoms with E-state index in [0.29, 0.717) is 13.1 Å². The van der Waals surface area contributed by atoms with E-state index in [1.165, 1.54) is 6.08 Å². The molecule has 0 spiro atoms. The zero-order valence-electron chi connectivity index (χ0n) is 13.4. The van der Waals surface area contributed by atoms with Crippen LogP contribution in [0.4, 0.5) is 0 Å². The van der Waals surface area contributed by atoms with E-state index in [1.807, 2.05) is 37.3 Å². The molecule has 5 heteroatoms. The first-order valence-corrected chi connectivity index (χ1v) is 7.69.